The van der Waals surface area contributed by atoms with Crippen LogP contribution in [0.3, 0.4) is 0 Å². The summed E-state index contributed by atoms with van der Waals surface area (Å²) < 4.78 is 32.9. The fourth-order valence-corrected chi connectivity index (χ4v) is 3.16. The van der Waals surface area contributed by atoms with E-state index in [2.05, 4.69) is 5.32 Å². The molecular weight excluding hydrogens is 428 g/mol. The van der Waals surface area contributed by atoms with E-state index in [9.17, 15) is 19.2 Å². The van der Waals surface area contributed by atoms with E-state index in [1.807, 2.05) is 6.92 Å². The number of hydrogen-bond donors (Lipinski definition) is 2. The zero-order valence-electron chi connectivity index (χ0n) is 19.2. The number of carbonyl (C=O) groups is 4. The molecule has 12 heteroatoms. The molecule has 0 aliphatic carbocycles. The summed E-state index contributed by atoms with van der Waals surface area (Å²) in [5.74, 6) is -2.37. The van der Waals surface area contributed by atoms with Crippen molar-refractivity contribution in [1.29, 1.82) is 0 Å². The molecule has 1 saturated heterocycles. The van der Waals surface area contributed by atoms with E-state index in [1.54, 1.807) is 0 Å². The fourth-order valence-electron chi connectivity index (χ4n) is 3.16. The molecule has 1 aliphatic heterocycles. The second-order valence-electron chi connectivity index (χ2n) is 7.35. The lowest BCUT2D eigenvalue weighted by Crippen LogP contribution is -2.66. The minimum absolute atomic E-state index is 0.0686. The lowest BCUT2D eigenvalue weighted by molar-refractivity contribution is -0.279. The van der Waals surface area contributed by atoms with Gasteiger partial charge in [0.15, 0.2) is 18.5 Å². The summed E-state index contributed by atoms with van der Waals surface area (Å²) in [6.07, 6.45) is -3.83. The number of nitrogens with two attached hydrogens (primary N) is 1. The number of rotatable bonds is 12. The van der Waals surface area contributed by atoms with Gasteiger partial charge in [-0.05, 0) is 19.9 Å². The molecule has 1 fully saturated rings. The molecule has 184 valence electrons. The van der Waals surface area contributed by atoms with Crippen molar-refractivity contribution in [3.05, 3.63) is 0 Å². The maximum atomic E-state index is 11.8. The topological polar surface area (TPSA) is 162 Å². The van der Waals surface area contributed by atoms with E-state index >= 15 is 0 Å². The number of nitrogens with one attached hydrogen (secondary N) is 1. The van der Waals surface area contributed by atoms with E-state index in [0.717, 1.165) is 0 Å². The van der Waals surface area contributed by atoms with E-state index in [4.69, 9.17) is 34.2 Å². The highest BCUT2D eigenvalue weighted by Crippen LogP contribution is 2.28. The van der Waals surface area contributed by atoms with Gasteiger partial charge in [0.2, 0.25) is 5.91 Å². The highest BCUT2D eigenvalue weighted by molar-refractivity contribution is 5.73. The molecule has 0 aromatic heterocycles. The molecule has 0 saturated carbocycles. The predicted octanol–water partition coefficient (Wildman–Crippen LogP) is -0.587. The van der Waals surface area contributed by atoms with Gasteiger partial charge < -0.3 is 39.5 Å². The van der Waals surface area contributed by atoms with Crippen LogP contribution < -0.4 is 11.1 Å². The van der Waals surface area contributed by atoms with Gasteiger partial charge in [-0.1, -0.05) is 0 Å². The van der Waals surface area contributed by atoms with E-state index in [-0.39, 0.29) is 25.9 Å². The van der Waals surface area contributed by atoms with Gasteiger partial charge >= 0.3 is 17.9 Å². The van der Waals surface area contributed by atoms with Crippen molar-refractivity contribution in [1.82, 2.24) is 5.32 Å². The Bertz CT molecular complexity index is 644. The van der Waals surface area contributed by atoms with Crippen LogP contribution in [0.2, 0.25) is 0 Å². The Labute approximate surface area is 187 Å². The molecular formula is C20H34N2O10. The fraction of sp³-hybridized carbons (Fsp3) is 0.800. The maximum absolute atomic E-state index is 11.8. The van der Waals surface area contributed by atoms with Gasteiger partial charge in [0, 0.05) is 27.7 Å². The number of ether oxygens (including phenoxy) is 6. The third-order valence-electron chi connectivity index (χ3n) is 4.41. The summed E-state index contributed by atoms with van der Waals surface area (Å²) in [4.78, 5) is 46.6. The standard InChI is InChI=1S/C20H34N2O10/c1-11(6-7-21)27-8-9-28-20-17(22-12(2)23)19(31-15(5)26)18(30-14(4)25)16(32-20)10-29-13(3)24/h11,16-20H,6-10,21H2,1-5H3,(H,22,23). The Morgan fingerprint density at radius 3 is 2.12 bits per heavy atom. The van der Waals surface area contributed by atoms with Crippen molar-refractivity contribution < 1.29 is 47.6 Å². The molecule has 0 spiro atoms. The Hall–Kier alpha value is -2.28. The summed E-state index contributed by atoms with van der Waals surface area (Å²) in [7, 11) is 0. The van der Waals surface area contributed by atoms with Gasteiger partial charge in [0.1, 0.15) is 18.8 Å². The first-order valence-corrected chi connectivity index (χ1v) is 10.4. The van der Waals surface area contributed by atoms with E-state index in [0.29, 0.717) is 13.0 Å². The van der Waals surface area contributed by atoms with Crippen LogP contribution in [0.1, 0.15) is 41.0 Å². The van der Waals surface area contributed by atoms with Crippen molar-refractivity contribution in [3.8, 4) is 0 Å². The summed E-state index contributed by atoms with van der Waals surface area (Å²) in [5.41, 5.74) is 5.50. The maximum Gasteiger partial charge on any atom is 0.303 e. The van der Waals surface area contributed by atoms with Crippen molar-refractivity contribution in [2.24, 2.45) is 5.73 Å². The van der Waals surface area contributed by atoms with Crippen LogP contribution in [0.25, 0.3) is 0 Å². The van der Waals surface area contributed by atoms with Gasteiger partial charge in [-0.3, -0.25) is 19.2 Å². The average Bonchev–Trinajstić information content (AvgIpc) is 2.67. The number of hydrogen-bond acceptors (Lipinski definition) is 11. The molecule has 0 radical (unpaired) electrons. The summed E-state index contributed by atoms with van der Waals surface area (Å²) in [6.45, 7) is 7.19. The normalized spacial score (nSPS) is 26.0. The molecule has 1 rings (SSSR count). The highest BCUT2D eigenvalue weighted by Gasteiger charge is 2.51. The Morgan fingerprint density at radius 2 is 1.59 bits per heavy atom. The molecule has 6 atom stereocenters. The predicted molar refractivity (Wildman–Crippen MR) is 109 cm³/mol. The smallest absolute Gasteiger partial charge is 0.303 e. The Balaban J connectivity index is 3.08. The van der Waals surface area contributed by atoms with Crippen molar-refractivity contribution in [2.45, 2.75) is 77.8 Å². The van der Waals surface area contributed by atoms with Gasteiger partial charge in [0.25, 0.3) is 0 Å². The monoisotopic (exact) mass is 462 g/mol. The third kappa shape index (κ3) is 9.90. The van der Waals surface area contributed by atoms with E-state index < -0.39 is 54.5 Å². The molecule has 0 bridgehead atoms. The van der Waals surface area contributed by atoms with Crippen molar-refractivity contribution in [3.63, 3.8) is 0 Å². The quantitative estimate of drug-likeness (QED) is 0.217. The second-order valence-corrected chi connectivity index (χ2v) is 7.35. The molecule has 1 amide bonds. The van der Waals surface area contributed by atoms with Crippen LogP contribution in [0.4, 0.5) is 0 Å². The lowest BCUT2D eigenvalue weighted by Gasteiger charge is -2.44. The highest BCUT2D eigenvalue weighted by atomic mass is 16.7. The molecule has 32 heavy (non-hydrogen) atoms. The first-order valence-electron chi connectivity index (χ1n) is 10.4. The summed E-state index contributed by atoms with van der Waals surface area (Å²) >= 11 is 0. The Kier molecular flexibility index (Phi) is 12.1. The van der Waals surface area contributed by atoms with Crippen LogP contribution in [-0.4, -0.2) is 86.9 Å². The third-order valence-corrected chi connectivity index (χ3v) is 4.41. The van der Waals surface area contributed by atoms with Gasteiger partial charge in [-0.15, -0.1) is 0 Å². The van der Waals surface area contributed by atoms with Crippen LogP contribution in [-0.2, 0) is 47.6 Å². The van der Waals surface area contributed by atoms with Crippen LogP contribution in [0, 0.1) is 0 Å². The lowest BCUT2D eigenvalue weighted by atomic mass is 9.96. The van der Waals surface area contributed by atoms with Crippen LogP contribution in [0.5, 0.6) is 0 Å². The number of esters is 3. The summed E-state index contributed by atoms with van der Waals surface area (Å²) in [5, 5.41) is 2.62. The first-order chi connectivity index (χ1) is 15.0. The molecule has 6 unspecified atom stereocenters. The van der Waals surface area contributed by atoms with Gasteiger partial charge in [-0.2, -0.15) is 0 Å². The Morgan fingerprint density at radius 1 is 0.969 bits per heavy atom. The van der Waals surface area contributed by atoms with Crippen LogP contribution >= 0.6 is 0 Å². The van der Waals surface area contributed by atoms with Crippen molar-refractivity contribution in [2.75, 3.05) is 26.4 Å². The minimum atomic E-state index is -1.16. The van der Waals surface area contributed by atoms with Gasteiger partial charge in [-0.25, -0.2) is 0 Å². The van der Waals surface area contributed by atoms with E-state index in [1.165, 1.54) is 27.7 Å². The molecule has 3 N–H and O–H groups in total. The first kappa shape index (κ1) is 27.8. The number of amides is 1. The van der Waals surface area contributed by atoms with Crippen molar-refractivity contribution >= 4 is 23.8 Å². The molecule has 1 heterocycles. The molecule has 12 nitrogen and oxygen atoms in total. The largest absolute Gasteiger partial charge is 0.463 e. The second kappa shape index (κ2) is 14.0. The summed E-state index contributed by atoms with van der Waals surface area (Å²) in [6, 6.07) is -1.00. The zero-order valence-corrected chi connectivity index (χ0v) is 19.2. The SMILES string of the molecule is CC(=O)NC1C(OCCOC(C)CCN)OC(COC(C)=O)C(OC(C)=O)C1OC(C)=O. The minimum Gasteiger partial charge on any atom is -0.463 e. The molecule has 0 aromatic carbocycles. The zero-order chi connectivity index (χ0) is 24.3. The average molecular weight is 462 g/mol. The van der Waals surface area contributed by atoms with Crippen LogP contribution in [0.15, 0.2) is 0 Å². The van der Waals surface area contributed by atoms with Gasteiger partial charge in [0.05, 0.1) is 19.3 Å². The molecule has 0 aromatic rings. The number of carbonyl (C=O) groups excluding carboxylic acids is 4. The molecule has 1 aliphatic rings.